The topological polar surface area (TPSA) is 92.8 Å². The normalized spacial score (nSPS) is 15.0. The molecule has 1 aliphatic rings. The lowest BCUT2D eigenvalue weighted by molar-refractivity contribution is -0.156. The maximum Gasteiger partial charge on any atom is 0.329 e. The quantitative estimate of drug-likeness (QED) is 0.566. The number of carbonyl (C=O) groups excluding carboxylic acids is 4. The van der Waals surface area contributed by atoms with Crippen molar-refractivity contribution in [1.82, 2.24) is 4.90 Å². The van der Waals surface area contributed by atoms with Crippen LogP contribution in [0.2, 0.25) is 0 Å². The zero-order valence-corrected chi connectivity index (χ0v) is 18.3. The number of amides is 3. The van der Waals surface area contributed by atoms with Crippen LogP contribution < -0.4 is 5.32 Å². The Labute approximate surface area is 181 Å². The molecule has 0 saturated carbocycles. The van der Waals surface area contributed by atoms with Crippen molar-refractivity contribution in [2.24, 2.45) is 0 Å². The van der Waals surface area contributed by atoms with Crippen LogP contribution in [-0.4, -0.2) is 40.7 Å². The van der Waals surface area contributed by atoms with Crippen molar-refractivity contribution in [3.63, 3.8) is 0 Å². The fourth-order valence-electron chi connectivity index (χ4n) is 3.56. The Hall–Kier alpha value is -3.48. The van der Waals surface area contributed by atoms with Gasteiger partial charge in [0.25, 0.3) is 17.7 Å². The van der Waals surface area contributed by atoms with Gasteiger partial charge in [-0.25, -0.2) is 4.79 Å². The van der Waals surface area contributed by atoms with E-state index in [0.29, 0.717) is 5.69 Å². The second-order valence-electron chi connectivity index (χ2n) is 7.96. The fraction of sp³-hybridized carbons (Fsp3) is 0.333. The van der Waals surface area contributed by atoms with Gasteiger partial charge in [0.15, 0.2) is 6.10 Å². The van der Waals surface area contributed by atoms with Gasteiger partial charge in [-0.15, -0.1) is 0 Å². The predicted octanol–water partition coefficient (Wildman–Crippen LogP) is 3.67. The number of hydrogen-bond donors (Lipinski definition) is 1. The molecule has 2 aromatic rings. The average Bonchev–Trinajstić information content (AvgIpc) is 2.99. The first-order valence-corrected chi connectivity index (χ1v) is 10.2. The Balaban J connectivity index is 1.69. The molecule has 1 heterocycles. The molecule has 0 fully saturated rings. The Morgan fingerprint density at radius 1 is 0.903 bits per heavy atom. The molecule has 0 aromatic heterocycles. The first-order valence-electron chi connectivity index (χ1n) is 10.2. The van der Waals surface area contributed by atoms with Gasteiger partial charge in [0.1, 0.15) is 6.04 Å². The smallest absolute Gasteiger partial charge is 0.329 e. The molecule has 7 nitrogen and oxygen atoms in total. The van der Waals surface area contributed by atoms with Crippen molar-refractivity contribution in [3.8, 4) is 0 Å². The van der Waals surface area contributed by atoms with Crippen LogP contribution >= 0.6 is 0 Å². The van der Waals surface area contributed by atoms with E-state index in [4.69, 9.17) is 4.74 Å². The van der Waals surface area contributed by atoms with Crippen molar-refractivity contribution in [1.29, 1.82) is 0 Å². The van der Waals surface area contributed by atoms with Crippen LogP contribution in [0.1, 0.15) is 65.5 Å². The van der Waals surface area contributed by atoms with E-state index in [1.54, 1.807) is 12.1 Å². The molecule has 0 bridgehead atoms. The first-order chi connectivity index (χ1) is 14.6. The van der Waals surface area contributed by atoms with Gasteiger partial charge in [-0.2, -0.15) is 0 Å². The third-order valence-electron chi connectivity index (χ3n) is 5.39. The summed E-state index contributed by atoms with van der Waals surface area (Å²) >= 11 is 0. The number of esters is 1. The summed E-state index contributed by atoms with van der Waals surface area (Å²) in [5.74, 6) is -2.22. The number of ether oxygens (including phenoxy) is 1. The van der Waals surface area contributed by atoms with Gasteiger partial charge in [-0.05, 0) is 49.9 Å². The van der Waals surface area contributed by atoms with Crippen molar-refractivity contribution >= 4 is 29.4 Å². The highest BCUT2D eigenvalue weighted by atomic mass is 16.5. The summed E-state index contributed by atoms with van der Waals surface area (Å²) in [4.78, 5) is 51.3. The van der Waals surface area contributed by atoms with Crippen LogP contribution in [0.15, 0.2) is 42.5 Å². The third-order valence-corrected chi connectivity index (χ3v) is 5.39. The number of hydrogen-bond acceptors (Lipinski definition) is 5. The molecule has 0 saturated heterocycles. The van der Waals surface area contributed by atoms with E-state index < -0.39 is 35.8 Å². The highest BCUT2D eigenvalue weighted by Crippen LogP contribution is 2.28. The third kappa shape index (κ3) is 4.21. The van der Waals surface area contributed by atoms with Crippen molar-refractivity contribution < 1.29 is 23.9 Å². The number of fused-ring (bicyclic) bond motifs is 1. The van der Waals surface area contributed by atoms with Crippen LogP contribution in [0.3, 0.4) is 0 Å². The average molecular weight is 422 g/mol. The summed E-state index contributed by atoms with van der Waals surface area (Å²) in [6, 6.07) is 11.0. The summed E-state index contributed by atoms with van der Waals surface area (Å²) in [5, 5.41) is 2.84. The fourth-order valence-corrected chi connectivity index (χ4v) is 3.56. The molecule has 0 spiro atoms. The van der Waals surface area contributed by atoms with Gasteiger partial charge < -0.3 is 10.1 Å². The van der Waals surface area contributed by atoms with Crippen LogP contribution in [0.5, 0.6) is 0 Å². The molecule has 0 radical (unpaired) electrons. The lowest BCUT2D eigenvalue weighted by Crippen LogP contribution is -2.45. The molecular formula is C24H26N2O5. The van der Waals surface area contributed by atoms with E-state index in [1.807, 2.05) is 39.0 Å². The minimum absolute atomic E-state index is 0.196. The number of carbonyl (C=O) groups is 4. The molecule has 0 unspecified atom stereocenters. The summed E-state index contributed by atoms with van der Waals surface area (Å²) in [7, 11) is 0. The van der Waals surface area contributed by atoms with Gasteiger partial charge in [0, 0.05) is 5.69 Å². The maximum atomic E-state index is 12.7. The first kappa shape index (κ1) is 22.2. The van der Waals surface area contributed by atoms with Gasteiger partial charge in [0.2, 0.25) is 0 Å². The summed E-state index contributed by atoms with van der Waals surface area (Å²) in [6.07, 6.45) is -1.11. The second-order valence-corrected chi connectivity index (χ2v) is 7.96. The van der Waals surface area contributed by atoms with Gasteiger partial charge in [-0.1, -0.05) is 44.2 Å². The number of para-hydroxylation sites is 1. The van der Waals surface area contributed by atoms with E-state index in [2.05, 4.69) is 5.32 Å². The van der Waals surface area contributed by atoms with Crippen LogP contribution in [0.4, 0.5) is 5.69 Å². The number of imide groups is 1. The molecule has 7 heteroatoms. The van der Waals surface area contributed by atoms with Crippen LogP contribution in [0.25, 0.3) is 0 Å². The molecule has 3 amide bonds. The molecule has 2 atom stereocenters. The zero-order chi connectivity index (χ0) is 22.9. The molecule has 2 aromatic carbocycles. The highest BCUT2D eigenvalue weighted by molar-refractivity contribution is 6.22. The van der Waals surface area contributed by atoms with E-state index in [0.717, 1.165) is 16.0 Å². The molecule has 1 aliphatic heterocycles. The monoisotopic (exact) mass is 422 g/mol. The molecule has 31 heavy (non-hydrogen) atoms. The van der Waals surface area contributed by atoms with Gasteiger partial charge >= 0.3 is 5.97 Å². The Morgan fingerprint density at radius 2 is 1.48 bits per heavy atom. The minimum atomic E-state index is -1.16. The standard InChI is InChI=1S/C24H26N2O5/c1-13(2)17-12-8-9-14(3)20(17)25-21(27)16(5)31-24(30)15(4)26-22(28)18-10-6-7-11-19(18)23(26)29/h6-13,15-16H,1-5H3,(H,25,27)/t15-,16+/m0/s1. The molecule has 0 aliphatic carbocycles. The van der Waals surface area contributed by atoms with E-state index >= 15 is 0 Å². The van der Waals surface area contributed by atoms with Crippen molar-refractivity contribution in [2.45, 2.75) is 52.7 Å². The van der Waals surface area contributed by atoms with E-state index in [1.165, 1.54) is 26.0 Å². The summed E-state index contributed by atoms with van der Waals surface area (Å²) in [5.41, 5.74) is 3.07. The highest BCUT2D eigenvalue weighted by Gasteiger charge is 2.41. The number of nitrogens with one attached hydrogen (secondary N) is 1. The lowest BCUT2D eigenvalue weighted by Gasteiger charge is -2.23. The summed E-state index contributed by atoms with van der Waals surface area (Å²) < 4.78 is 5.30. The van der Waals surface area contributed by atoms with Crippen molar-refractivity contribution in [3.05, 3.63) is 64.7 Å². The SMILES string of the molecule is Cc1cccc(C(C)C)c1NC(=O)[C@@H](C)OC(=O)[C@H](C)N1C(=O)c2ccccc2C1=O. The van der Waals surface area contributed by atoms with Crippen molar-refractivity contribution in [2.75, 3.05) is 5.32 Å². The minimum Gasteiger partial charge on any atom is -0.451 e. The summed E-state index contributed by atoms with van der Waals surface area (Å²) in [6.45, 7) is 8.81. The number of aryl methyl sites for hydroxylation is 1. The Kier molecular flexibility index (Phi) is 6.24. The number of anilines is 1. The molecule has 162 valence electrons. The zero-order valence-electron chi connectivity index (χ0n) is 18.3. The number of benzene rings is 2. The van der Waals surface area contributed by atoms with Gasteiger partial charge in [-0.3, -0.25) is 19.3 Å². The number of rotatable bonds is 6. The van der Waals surface area contributed by atoms with E-state index in [-0.39, 0.29) is 17.0 Å². The van der Waals surface area contributed by atoms with E-state index in [9.17, 15) is 19.2 Å². The second kappa shape index (κ2) is 8.71. The molecule has 1 N–H and O–H groups in total. The van der Waals surface area contributed by atoms with Crippen LogP contribution in [0, 0.1) is 6.92 Å². The Morgan fingerprint density at radius 3 is 2.03 bits per heavy atom. The molecule has 3 rings (SSSR count). The Bertz CT molecular complexity index is 1020. The number of nitrogens with zero attached hydrogens (tertiary/aromatic N) is 1. The van der Waals surface area contributed by atoms with Crippen LogP contribution in [-0.2, 0) is 14.3 Å². The predicted molar refractivity (Wildman–Crippen MR) is 116 cm³/mol. The maximum absolute atomic E-state index is 12.7. The lowest BCUT2D eigenvalue weighted by atomic mass is 9.98. The molecular weight excluding hydrogens is 396 g/mol. The largest absolute Gasteiger partial charge is 0.451 e. The van der Waals surface area contributed by atoms with Gasteiger partial charge in [0.05, 0.1) is 11.1 Å².